The molecule has 0 atom stereocenters. The summed E-state index contributed by atoms with van der Waals surface area (Å²) in [5.74, 6) is 0.720. The zero-order valence-corrected chi connectivity index (χ0v) is 15.7. The van der Waals surface area contributed by atoms with Crippen molar-refractivity contribution in [1.82, 2.24) is 14.9 Å². The van der Waals surface area contributed by atoms with Crippen molar-refractivity contribution < 1.29 is 9.21 Å². The highest BCUT2D eigenvalue weighted by Crippen LogP contribution is 2.24. The average Bonchev–Trinajstić information content (AvgIpc) is 3.32. The molecule has 4 aromatic rings. The second kappa shape index (κ2) is 7.47. The Morgan fingerprint density at radius 3 is 2.70 bits per heavy atom. The molecule has 0 unspecified atom stereocenters. The Balaban J connectivity index is 1.64. The molecule has 0 spiro atoms. The minimum atomic E-state index is -0.284. The molecule has 2 aromatic heterocycles. The van der Waals surface area contributed by atoms with Crippen LogP contribution in [0, 0.1) is 0 Å². The van der Waals surface area contributed by atoms with Gasteiger partial charge in [-0.15, -0.1) is 0 Å². The number of benzene rings is 2. The number of nitrogens with one attached hydrogen (secondary N) is 1. The fourth-order valence-corrected chi connectivity index (χ4v) is 3.23. The van der Waals surface area contributed by atoms with Crippen molar-refractivity contribution >= 4 is 40.1 Å². The minimum Gasteiger partial charge on any atom is -0.459 e. The summed E-state index contributed by atoms with van der Waals surface area (Å²) in [5.41, 5.74) is 2.83. The molecule has 2 aromatic carbocycles. The van der Waals surface area contributed by atoms with Crippen LogP contribution in [0.15, 0.2) is 65.3 Å². The monoisotopic (exact) mass is 399 g/mol. The van der Waals surface area contributed by atoms with Crippen molar-refractivity contribution in [1.29, 1.82) is 0 Å². The number of fused-ring (bicyclic) bond motifs is 1. The van der Waals surface area contributed by atoms with E-state index in [2.05, 4.69) is 14.9 Å². The van der Waals surface area contributed by atoms with Gasteiger partial charge in [-0.25, -0.2) is 4.98 Å². The van der Waals surface area contributed by atoms with Crippen molar-refractivity contribution in [3.63, 3.8) is 0 Å². The standard InChI is InChI=1S/C20H15Cl2N3O2/c21-14-8-7-13(10-15(14)22)12-25-17-5-2-1-4-16(17)24-19(25)11-23-20(26)18-6-3-9-27-18/h1-10H,11-12H2,(H,23,26). The lowest BCUT2D eigenvalue weighted by molar-refractivity contribution is 0.0922. The second-order valence-electron chi connectivity index (χ2n) is 6.01. The third-order valence-electron chi connectivity index (χ3n) is 4.21. The number of carbonyl (C=O) groups is 1. The largest absolute Gasteiger partial charge is 0.459 e. The van der Waals surface area contributed by atoms with Crippen LogP contribution in [-0.4, -0.2) is 15.5 Å². The van der Waals surface area contributed by atoms with Crippen molar-refractivity contribution in [2.24, 2.45) is 0 Å². The predicted molar refractivity (Wildman–Crippen MR) is 105 cm³/mol. The Hall–Kier alpha value is -2.76. The van der Waals surface area contributed by atoms with E-state index in [0.29, 0.717) is 16.6 Å². The number of furan rings is 1. The van der Waals surface area contributed by atoms with Gasteiger partial charge in [-0.3, -0.25) is 4.79 Å². The van der Waals surface area contributed by atoms with Gasteiger partial charge in [-0.2, -0.15) is 0 Å². The number of hydrogen-bond donors (Lipinski definition) is 1. The van der Waals surface area contributed by atoms with E-state index in [4.69, 9.17) is 27.6 Å². The van der Waals surface area contributed by atoms with Crippen molar-refractivity contribution in [2.75, 3.05) is 0 Å². The van der Waals surface area contributed by atoms with Gasteiger partial charge in [-0.05, 0) is 42.0 Å². The topological polar surface area (TPSA) is 60.1 Å². The highest BCUT2D eigenvalue weighted by Gasteiger charge is 2.14. The lowest BCUT2D eigenvalue weighted by Gasteiger charge is -2.11. The van der Waals surface area contributed by atoms with Gasteiger partial charge in [-0.1, -0.05) is 41.4 Å². The van der Waals surface area contributed by atoms with Crippen LogP contribution in [0.3, 0.4) is 0 Å². The summed E-state index contributed by atoms with van der Waals surface area (Å²) < 4.78 is 7.18. The van der Waals surface area contributed by atoms with Crippen molar-refractivity contribution in [3.05, 3.63) is 88.1 Å². The van der Waals surface area contributed by atoms with Crippen molar-refractivity contribution in [2.45, 2.75) is 13.1 Å². The Labute approximate surface area is 165 Å². The maximum absolute atomic E-state index is 12.2. The highest BCUT2D eigenvalue weighted by atomic mass is 35.5. The number of amides is 1. The SMILES string of the molecule is O=C(NCc1nc2ccccc2n1Cc1ccc(Cl)c(Cl)c1)c1ccco1. The molecule has 0 aliphatic heterocycles. The molecular weight excluding hydrogens is 385 g/mol. The van der Waals surface area contributed by atoms with E-state index < -0.39 is 0 Å². The maximum Gasteiger partial charge on any atom is 0.287 e. The molecule has 0 saturated heterocycles. The molecule has 27 heavy (non-hydrogen) atoms. The first-order chi connectivity index (χ1) is 13.1. The molecule has 0 fully saturated rings. The third-order valence-corrected chi connectivity index (χ3v) is 4.95. The Morgan fingerprint density at radius 2 is 1.93 bits per heavy atom. The molecule has 1 N–H and O–H groups in total. The fraction of sp³-hybridized carbons (Fsp3) is 0.100. The average molecular weight is 400 g/mol. The zero-order valence-electron chi connectivity index (χ0n) is 14.2. The van der Waals surface area contributed by atoms with Crippen LogP contribution in [-0.2, 0) is 13.1 Å². The number of hydrogen-bond acceptors (Lipinski definition) is 3. The molecule has 0 bridgehead atoms. The number of carbonyl (C=O) groups excluding carboxylic acids is 1. The summed E-state index contributed by atoms with van der Waals surface area (Å²) in [7, 11) is 0. The first-order valence-electron chi connectivity index (χ1n) is 8.31. The fourth-order valence-electron chi connectivity index (χ4n) is 2.91. The van der Waals surface area contributed by atoms with E-state index in [0.717, 1.165) is 22.4 Å². The molecule has 0 saturated carbocycles. The molecule has 0 radical (unpaired) electrons. The Bertz CT molecular complexity index is 1100. The van der Waals surface area contributed by atoms with Gasteiger partial charge in [0.05, 0.1) is 33.9 Å². The number of halogens is 2. The summed E-state index contributed by atoms with van der Waals surface area (Å²) in [6, 6.07) is 16.7. The molecule has 0 aliphatic carbocycles. The van der Waals surface area contributed by atoms with Crippen molar-refractivity contribution in [3.8, 4) is 0 Å². The van der Waals surface area contributed by atoms with Gasteiger partial charge in [0.25, 0.3) is 5.91 Å². The number of para-hydroxylation sites is 2. The van der Waals surface area contributed by atoms with Crippen LogP contribution >= 0.6 is 23.2 Å². The van der Waals surface area contributed by atoms with Crippen LogP contribution in [0.2, 0.25) is 10.0 Å². The molecule has 5 nitrogen and oxygen atoms in total. The summed E-state index contributed by atoms with van der Waals surface area (Å²) in [6.45, 7) is 0.832. The minimum absolute atomic E-state index is 0.266. The van der Waals surface area contributed by atoms with Gasteiger partial charge >= 0.3 is 0 Å². The van der Waals surface area contributed by atoms with E-state index in [-0.39, 0.29) is 18.2 Å². The van der Waals surface area contributed by atoms with Gasteiger partial charge in [0.15, 0.2) is 5.76 Å². The lowest BCUT2D eigenvalue weighted by Crippen LogP contribution is -2.24. The van der Waals surface area contributed by atoms with Gasteiger partial charge in [0, 0.05) is 6.54 Å². The van der Waals surface area contributed by atoms with Crippen LogP contribution in [0.5, 0.6) is 0 Å². The summed E-state index contributed by atoms with van der Waals surface area (Å²) in [6.07, 6.45) is 1.47. The molecule has 1 amide bonds. The molecule has 136 valence electrons. The summed E-state index contributed by atoms with van der Waals surface area (Å²) >= 11 is 12.2. The van der Waals surface area contributed by atoms with E-state index in [1.165, 1.54) is 6.26 Å². The van der Waals surface area contributed by atoms with Crippen LogP contribution in [0.1, 0.15) is 21.9 Å². The molecule has 4 rings (SSSR count). The number of rotatable bonds is 5. The lowest BCUT2D eigenvalue weighted by atomic mass is 10.2. The second-order valence-corrected chi connectivity index (χ2v) is 6.83. The molecule has 7 heteroatoms. The van der Waals surface area contributed by atoms with Crippen LogP contribution in [0.25, 0.3) is 11.0 Å². The van der Waals surface area contributed by atoms with Crippen LogP contribution in [0.4, 0.5) is 0 Å². The third kappa shape index (κ3) is 3.70. The zero-order chi connectivity index (χ0) is 18.8. The van der Waals surface area contributed by atoms with Crippen LogP contribution < -0.4 is 5.32 Å². The molecular formula is C20H15Cl2N3O2. The van der Waals surface area contributed by atoms with E-state index in [1.54, 1.807) is 18.2 Å². The molecule has 2 heterocycles. The summed E-state index contributed by atoms with van der Waals surface area (Å²) in [5, 5.41) is 3.87. The first-order valence-corrected chi connectivity index (χ1v) is 9.07. The normalized spacial score (nSPS) is 11.0. The van der Waals surface area contributed by atoms with E-state index in [1.807, 2.05) is 36.4 Å². The number of nitrogens with zero attached hydrogens (tertiary/aromatic N) is 2. The Kier molecular flexibility index (Phi) is 4.88. The number of aromatic nitrogens is 2. The smallest absolute Gasteiger partial charge is 0.287 e. The number of imidazole rings is 1. The predicted octanol–water partition coefficient (Wildman–Crippen LogP) is 4.91. The van der Waals surface area contributed by atoms with E-state index in [9.17, 15) is 4.79 Å². The maximum atomic E-state index is 12.2. The van der Waals surface area contributed by atoms with Gasteiger partial charge in [0.1, 0.15) is 5.82 Å². The van der Waals surface area contributed by atoms with Gasteiger partial charge < -0.3 is 14.3 Å². The summed E-state index contributed by atoms with van der Waals surface area (Å²) in [4.78, 5) is 16.8. The van der Waals surface area contributed by atoms with Gasteiger partial charge in [0.2, 0.25) is 0 Å². The quantitative estimate of drug-likeness (QED) is 0.518. The first kappa shape index (κ1) is 17.6. The van der Waals surface area contributed by atoms with E-state index >= 15 is 0 Å². The molecule has 0 aliphatic rings. The highest BCUT2D eigenvalue weighted by molar-refractivity contribution is 6.42. The Morgan fingerprint density at radius 1 is 1.07 bits per heavy atom.